The maximum atomic E-state index is 13.2. The maximum absolute atomic E-state index is 13.2. The molecule has 1 unspecified atom stereocenters. The Morgan fingerprint density at radius 2 is 2.03 bits per heavy atom. The number of carbonyl (C=O) groups excluding carboxylic acids is 1. The molecule has 0 radical (unpaired) electrons. The molecule has 1 aliphatic heterocycles. The number of nitrogens with one attached hydrogen (secondary N) is 1. The van der Waals surface area contributed by atoms with Crippen LogP contribution in [0.2, 0.25) is 0 Å². The van der Waals surface area contributed by atoms with E-state index in [2.05, 4.69) is 19.2 Å². The summed E-state index contributed by atoms with van der Waals surface area (Å²) in [7, 11) is 1.44. The Bertz CT molecular complexity index is 843. The summed E-state index contributed by atoms with van der Waals surface area (Å²) in [4.78, 5) is 12.7. The van der Waals surface area contributed by atoms with Crippen LogP contribution >= 0.6 is 0 Å². The first-order valence-electron chi connectivity index (χ1n) is 11.2. The zero-order chi connectivity index (χ0) is 22.6. The van der Waals surface area contributed by atoms with Gasteiger partial charge < -0.3 is 19.5 Å². The number of ether oxygens (including phenoxy) is 3. The fourth-order valence-electron chi connectivity index (χ4n) is 6.54. The third-order valence-electron chi connectivity index (χ3n) is 8.06. The summed E-state index contributed by atoms with van der Waals surface area (Å²) in [6.45, 7) is 5.86. The van der Waals surface area contributed by atoms with Gasteiger partial charge in [0.2, 0.25) is 5.91 Å². The molecule has 0 aromatic heterocycles. The summed E-state index contributed by atoms with van der Waals surface area (Å²) in [5.74, 6) is 0.837. The van der Waals surface area contributed by atoms with Gasteiger partial charge in [-0.3, -0.25) is 4.79 Å². The highest BCUT2D eigenvalue weighted by Gasteiger charge is 2.68. The first kappa shape index (κ1) is 22.3. The number of hydrogen-bond donors (Lipinski definition) is 1. The first-order valence-corrected chi connectivity index (χ1v) is 11.2. The van der Waals surface area contributed by atoms with Gasteiger partial charge in [-0.1, -0.05) is 39.8 Å². The summed E-state index contributed by atoms with van der Waals surface area (Å²) in [6.07, 6.45) is 2.43. The first-order chi connectivity index (χ1) is 14.6. The smallest absolute Gasteiger partial charge is 0.387 e. The molecule has 2 saturated carbocycles. The van der Waals surface area contributed by atoms with E-state index >= 15 is 0 Å². The normalized spacial score (nSPS) is 33.5. The van der Waals surface area contributed by atoms with Crippen LogP contribution in [0.4, 0.5) is 8.78 Å². The van der Waals surface area contributed by atoms with E-state index in [0.717, 1.165) is 19.3 Å². The average Bonchev–Trinajstić information content (AvgIpc) is 3.20. The van der Waals surface area contributed by atoms with Gasteiger partial charge in [0.1, 0.15) is 0 Å². The molecule has 4 rings (SSSR count). The minimum absolute atomic E-state index is 0.0233. The standard InChI is InChI=1S/C24H33F2NO4/c1-13(2)20(28)27-21-23(3,4)14-11-16-18(30-10-9-24(16,21)12-14)15-7-6-8-17(29-5)19(15)31-22(25)26/h6-8,13-14,16,18,21-22H,9-12H2,1-5H3,(H,27,28)/t14-,16-,18-,21-,24?/m1/s1. The molecular formula is C24H33F2NO4. The quantitative estimate of drug-likeness (QED) is 0.684. The molecule has 2 bridgehead atoms. The molecule has 2 aliphatic carbocycles. The largest absolute Gasteiger partial charge is 0.493 e. The molecule has 5 nitrogen and oxygen atoms in total. The minimum Gasteiger partial charge on any atom is -0.493 e. The van der Waals surface area contributed by atoms with Crippen LogP contribution in [0.5, 0.6) is 11.5 Å². The topological polar surface area (TPSA) is 56.8 Å². The molecule has 1 amide bonds. The number of alkyl halides is 2. The van der Waals surface area contributed by atoms with Crippen molar-refractivity contribution in [3.8, 4) is 11.5 Å². The number of fused-ring (bicyclic) bond motifs is 1. The predicted octanol–water partition coefficient (Wildman–Crippen LogP) is 4.95. The fourth-order valence-corrected chi connectivity index (χ4v) is 6.54. The van der Waals surface area contributed by atoms with Crippen molar-refractivity contribution < 1.29 is 27.8 Å². The van der Waals surface area contributed by atoms with Gasteiger partial charge in [-0.05, 0) is 48.0 Å². The maximum Gasteiger partial charge on any atom is 0.387 e. The number of carbonyl (C=O) groups is 1. The molecule has 1 saturated heterocycles. The van der Waals surface area contributed by atoms with Crippen LogP contribution in [0.3, 0.4) is 0 Å². The number of benzene rings is 1. The lowest BCUT2D eigenvalue weighted by Crippen LogP contribution is -2.59. The van der Waals surface area contributed by atoms with Gasteiger partial charge in [-0.15, -0.1) is 0 Å². The van der Waals surface area contributed by atoms with Crippen molar-refractivity contribution in [2.45, 2.75) is 65.7 Å². The molecule has 3 aliphatic rings. The second-order valence-corrected chi connectivity index (χ2v) is 10.2. The third kappa shape index (κ3) is 3.49. The van der Waals surface area contributed by atoms with Crippen molar-refractivity contribution in [2.75, 3.05) is 13.7 Å². The Kier molecular flexibility index (Phi) is 5.69. The van der Waals surface area contributed by atoms with E-state index < -0.39 is 6.61 Å². The van der Waals surface area contributed by atoms with Gasteiger partial charge in [0, 0.05) is 24.1 Å². The highest BCUT2D eigenvalue weighted by Crippen LogP contribution is 2.71. The summed E-state index contributed by atoms with van der Waals surface area (Å²) in [5, 5.41) is 3.36. The van der Waals surface area contributed by atoms with Crippen molar-refractivity contribution >= 4 is 5.91 Å². The van der Waals surface area contributed by atoms with E-state index in [1.165, 1.54) is 7.11 Å². The van der Waals surface area contributed by atoms with Gasteiger partial charge in [0.15, 0.2) is 11.5 Å². The minimum atomic E-state index is -2.95. The summed E-state index contributed by atoms with van der Waals surface area (Å²) in [5.41, 5.74) is 0.454. The van der Waals surface area contributed by atoms with Gasteiger partial charge in [0.05, 0.1) is 13.2 Å². The Balaban J connectivity index is 1.73. The zero-order valence-electron chi connectivity index (χ0n) is 18.9. The lowest BCUT2D eigenvalue weighted by atomic mass is 9.58. The molecule has 7 heteroatoms. The van der Waals surface area contributed by atoms with Gasteiger partial charge in [-0.25, -0.2) is 0 Å². The van der Waals surface area contributed by atoms with E-state index in [1.807, 2.05) is 13.8 Å². The van der Waals surface area contributed by atoms with Crippen LogP contribution in [0.1, 0.15) is 58.6 Å². The lowest BCUT2D eigenvalue weighted by molar-refractivity contribution is -0.140. The molecule has 1 N–H and O–H groups in total. The molecule has 1 aromatic carbocycles. The Morgan fingerprint density at radius 1 is 1.29 bits per heavy atom. The van der Waals surface area contributed by atoms with Crippen molar-refractivity contribution in [1.82, 2.24) is 5.32 Å². The highest BCUT2D eigenvalue weighted by atomic mass is 19.3. The highest BCUT2D eigenvalue weighted by molar-refractivity contribution is 5.78. The van der Waals surface area contributed by atoms with E-state index in [0.29, 0.717) is 18.1 Å². The number of rotatable bonds is 6. The molecule has 172 valence electrons. The molecule has 1 aromatic rings. The molecule has 31 heavy (non-hydrogen) atoms. The van der Waals surface area contributed by atoms with Crippen LogP contribution in [-0.4, -0.2) is 32.3 Å². The number of hydrogen-bond acceptors (Lipinski definition) is 4. The average molecular weight is 438 g/mol. The SMILES string of the molecule is COc1cccc([C@H]2OCCC34C[C@@H](C[C@H]23)C(C)(C)[C@H]4NC(=O)C(C)C)c1OC(F)F. The van der Waals surface area contributed by atoms with Crippen LogP contribution in [0.25, 0.3) is 0 Å². The Hall–Kier alpha value is -1.89. The molecule has 3 fully saturated rings. The van der Waals surface area contributed by atoms with Crippen LogP contribution < -0.4 is 14.8 Å². The monoisotopic (exact) mass is 437 g/mol. The van der Waals surface area contributed by atoms with Crippen LogP contribution in [0, 0.1) is 28.6 Å². The second-order valence-electron chi connectivity index (χ2n) is 10.2. The van der Waals surface area contributed by atoms with Gasteiger partial charge in [0.25, 0.3) is 0 Å². The summed E-state index contributed by atoms with van der Waals surface area (Å²) >= 11 is 0. The number of amides is 1. The predicted molar refractivity (Wildman–Crippen MR) is 112 cm³/mol. The van der Waals surface area contributed by atoms with Crippen molar-refractivity contribution in [3.63, 3.8) is 0 Å². The Morgan fingerprint density at radius 3 is 2.68 bits per heavy atom. The number of para-hydroxylation sites is 1. The van der Waals surface area contributed by atoms with Crippen LogP contribution in [0.15, 0.2) is 18.2 Å². The zero-order valence-corrected chi connectivity index (χ0v) is 18.9. The molecule has 1 heterocycles. The van der Waals surface area contributed by atoms with E-state index in [9.17, 15) is 13.6 Å². The van der Waals surface area contributed by atoms with E-state index in [1.54, 1.807) is 18.2 Å². The Labute approximate surface area is 182 Å². The van der Waals surface area contributed by atoms with Crippen molar-refractivity contribution in [3.05, 3.63) is 23.8 Å². The van der Waals surface area contributed by atoms with Crippen LogP contribution in [-0.2, 0) is 9.53 Å². The van der Waals surface area contributed by atoms with Crippen molar-refractivity contribution in [2.24, 2.45) is 28.6 Å². The number of halogens is 2. The molecule has 5 atom stereocenters. The van der Waals surface area contributed by atoms with Crippen molar-refractivity contribution in [1.29, 1.82) is 0 Å². The molecular weight excluding hydrogens is 404 g/mol. The second kappa shape index (κ2) is 7.91. The fraction of sp³-hybridized carbons (Fsp3) is 0.708. The molecule has 1 spiro atoms. The lowest BCUT2D eigenvalue weighted by Gasteiger charge is -2.53. The van der Waals surface area contributed by atoms with Gasteiger partial charge in [-0.2, -0.15) is 8.78 Å². The van der Waals surface area contributed by atoms with E-state index in [-0.39, 0.29) is 52.2 Å². The van der Waals surface area contributed by atoms with Gasteiger partial charge >= 0.3 is 6.61 Å². The third-order valence-corrected chi connectivity index (χ3v) is 8.06. The summed E-state index contributed by atoms with van der Waals surface area (Å²) in [6, 6.07) is 5.22. The number of methoxy groups -OCH3 is 1. The summed E-state index contributed by atoms with van der Waals surface area (Å²) < 4.78 is 42.9. The van der Waals surface area contributed by atoms with E-state index in [4.69, 9.17) is 14.2 Å².